The monoisotopic (exact) mass is 446 g/mol. The number of tetrazole rings is 1. The summed E-state index contributed by atoms with van der Waals surface area (Å²) in [6.45, 7) is 6.71. The van der Waals surface area contributed by atoms with Gasteiger partial charge in [-0.1, -0.05) is 48.5 Å². The van der Waals surface area contributed by atoms with E-state index in [4.69, 9.17) is 0 Å². The van der Waals surface area contributed by atoms with Crippen LogP contribution in [-0.2, 0) is 22.6 Å². The highest BCUT2D eigenvalue weighted by atomic mass is 16.2. The second kappa shape index (κ2) is 10.4. The SMILES string of the molecule is CCN1CCN(C(=O)CCn2cnnn2)CC(Cc2cccc(-c3ccccc3C)c2)C1=O. The molecule has 1 aliphatic heterocycles. The third-order valence-corrected chi connectivity index (χ3v) is 6.29. The van der Waals surface area contributed by atoms with E-state index in [9.17, 15) is 9.59 Å². The van der Waals surface area contributed by atoms with Crippen molar-refractivity contribution in [1.29, 1.82) is 0 Å². The lowest BCUT2D eigenvalue weighted by Crippen LogP contribution is -2.38. The van der Waals surface area contributed by atoms with Crippen LogP contribution in [0.4, 0.5) is 0 Å². The molecule has 0 spiro atoms. The second-order valence-electron chi connectivity index (χ2n) is 8.50. The molecule has 0 N–H and O–H groups in total. The zero-order valence-electron chi connectivity index (χ0n) is 19.2. The highest BCUT2D eigenvalue weighted by Crippen LogP contribution is 2.26. The molecule has 0 saturated carbocycles. The number of aromatic nitrogens is 4. The summed E-state index contributed by atoms with van der Waals surface area (Å²) in [6.07, 6.45) is 2.41. The largest absolute Gasteiger partial charge is 0.341 e. The van der Waals surface area contributed by atoms with Crippen LogP contribution in [0.2, 0.25) is 0 Å². The molecule has 1 unspecified atom stereocenters. The Morgan fingerprint density at radius 3 is 2.73 bits per heavy atom. The molecular formula is C25H30N6O2. The van der Waals surface area contributed by atoms with E-state index in [-0.39, 0.29) is 17.7 Å². The van der Waals surface area contributed by atoms with E-state index < -0.39 is 0 Å². The van der Waals surface area contributed by atoms with Crippen LogP contribution >= 0.6 is 0 Å². The van der Waals surface area contributed by atoms with Crippen molar-refractivity contribution in [2.45, 2.75) is 33.2 Å². The van der Waals surface area contributed by atoms with Gasteiger partial charge in [0, 0.05) is 32.6 Å². The number of benzene rings is 2. The molecule has 33 heavy (non-hydrogen) atoms. The van der Waals surface area contributed by atoms with Gasteiger partial charge in [-0.2, -0.15) is 0 Å². The van der Waals surface area contributed by atoms with Gasteiger partial charge in [-0.15, -0.1) is 5.10 Å². The quantitative estimate of drug-likeness (QED) is 0.557. The van der Waals surface area contributed by atoms with Crippen molar-refractivity contribution >= 4 is 11.8 Å². The Morgan fingerprint density at radius 1 is 1.12 bits per heavy atom. The van der Waals surface area contributed by atoms with Crippen molar-refractivity contribution in [3.05, 3.63) is 66.0 Å². The summed E-state index contributed by atoms with van der Waals surface area (Å²) in [4.78, 5) is 29.9. The first-order valence-electron chi connectivity index (χ1n) is 11.5. The van der Waals surface area contributed by atoms with Gasteiger partial charge >= 0.3 is 0 Å². The Morgan fingerprint density at radius 2 is 1.97 bits per heavy atom. The maximum Gasteiger partial charge on any atom is 0.227 e. The summed E-state index contributed by atoms with van der Waals surface area (Å²) < 4.78 is 1.55. The Hall–Kier alpha value is -3.55. The molecule has 1 fully saturated rings. The number of hydrogen-bond donors (Lipinski definition) is 0. The number of aryl methyl sites for hydroxylation is 2. The van der Waals surface area contributed by atoms with Crippen molar-refractivity contribution in [1.82, 2.24) is 30.0 Å². The van der Waals surface area contributed by atoms with Gasteiger partial charge in [-0.05, 0) is 52.9 Å². The number of rotatable bonds is 7. The smallest absolute Gasteiger partial charge is 0.227 e. The lowest BCUT2D eigenvalue weighted by molar-refractivity contribution is -0.134. The predicted molar refractivity (Wildman–Crippen MR) is 125 cm³/mol. The molecular weight excluding hydrogens is 416 g/mol. The van der Waals surface area contributed by atoms with Gasteiger partial charge in [-0.25, -0.2) is 4.68 Å². The van der Waals surface area contributed by atoms with Gasteiger partial charge in [0.25, 0.3) is 0 Å². The van der Waals surface area contributed by atoms with Gasteiger partial charge in [-0.3, -0.25) is 9.59 Å². The number of carbonyl (C=O) groups is 2. The van der Waals surface area contributed by atoms with Gasteiger partial charge in [0.1, 0.15) is 6.33 Å². The molecule has 1 atom stereocenters. The predicted octanol–water partition coefficient (Wildman–Crippen LogP) is 2.59. The minimum atomic E-state index is -0.267. The van der Waals surface area contributed by atoms with Gasteiger partial charge < -0.3 is 9.80 Å². The van der Waals surface area contributed by atoms with E-state index in [0.29, 0.717) is 45.6 Å². The molecule has 0 radical (unpaired) electrons. The molecule has 2 amide bonds. The van der Waals surface area contributed by atoms with Crippen LogP contribution < -0.4 is 0 Å². The maximum atomic E-state index is 13.3. The van der Waals surface area contributed by atoms with Crippen LogP contribution in [0, 0.1) is 12.8 Å². The summed E-state index contributed by atoms with van der Waals surface area (Å²) in [7, 11) is 0. The Bertz CT molecular complexity index is 1100. The van der Waals surface area contributed by atoms with Crippen LogP contribution in [0.3, 0.4) is 0 Å². The van der Waals surface area contributed by atoms with Crippen LogP contribution in [0.25, 0.3) is 11.1 Å². The molecule has 1 aromatic heterocycles. The van der Waals surface area contributed by atoms with Crippen LogP contribution in [-0.4, -0.2) is 68.0 Å². The fourth-order valence-electron chi connectivity index (χ4n) is 4.44. The highest BCUT2D eigenvalue weighted by molar-refractivity contribution is 5.82. The molecule has 1 aliphatic rings. The molecule has 172 valence electrons. The van der Waals surface area contributed by atoms with E-state index in [1.165, 1.54) is 17.5 Å². The van der Waals surface area contributed by atoms with E-state index in [2.05, 4.69) is 52.8 Å². The zero-order valence-corrected chi connectivity index (χ0v) is 19.2. The average Bonchev–Trinajstić information content (AvgIpc) is 3.30. The summed E-state index contributed by atoms with van der Waals surface area (Å²) >= 11 is 0. The van der Waals surface area contributed by atoms with E-state index in [0.717, 1.165) is 11.1 Å². The third kappa shape index (κ3) is 5.45. The topological polar surface area (TPSA) is 84.2 Å². The van der Waals surface area contributed by atoms with Crippen LogP contribution in [0.1, 0.15) is 24.5 Å². The van der Waals surface area contributed by atoms with Gasteiger partial charge in [0.05, 0.1) is 12.5 Å². The molecule has 8 nitrogen and oxygen atoms in total. The first-order chi connectivity index (χ1) is 16.0. The van der Waals surface area contributed by atoms with Crippen molar-refractivity contribution < 1.29 is 9.59 Å². The maximum absolute atomic E-state index is 13.3. The fourth-order valence-corrected chi connectivity index (χ4v) is 4.44. The number of carbonyl (C=O) groups excluding carboxylic acids is 2. The molecule has 2 heterocycles. The highest BCUT2D eigenvalue weighted by Gasteiger charge is 2.31. The first-order valence-corrected chi connectivity index (χ1v) is 11.5. The summed E-state index contributed by atoms with van der Waals surface area (Å²) in [6, 6.07) is 16.7. The number of amides is 2. The van der Waals surface area contributed by atoms with Gasteiger partial charge in [0.2, 0.25) is 11.8 Å². The minimum absolute atomic E-state index is 0.0231. The summed E-state index contributed by atoms with van der Waals surface area (Å²) in [5.41, 5.74) is 4.67. The minimum Gasteiger partial charge on any atom is -0.341 e. The third-order valence-electron chi connectivity index (χ3n) is 6.29. The average molecular weight is 447 g/mol. The van der Waals surface area contributed by atoms with Crippen LogP contribution in [0.15, 0.2) is 54.9 Å². The summed E-state index contributed by atoms with van der Waals surface area (Å²) in [5.74, 6) is -0.124. The first kappa shape index (κ1) is 22.6. The normalized spacial score (nSPS) is 16.7. The number of likely N-dealkylation sites (N-methyl/N-ethyl adjacent to an activating group) is 1. The lowest BCUT2D eigenvalue weighted by atomic mass is 9.93. The molecule has 8 heteroatoms. The van der Waals surface area contributed by atoms with Crippen molar-refractivity contribution in [3.8, 4) is 11.1 Å². The zero-order chi connectivity index (χ0) is 23.2. The molecule has 3 aromatic rings. The summed E-state index contributed by atoms with van der Waals surface area (Å²) in [5, 5.41) is 11.0. The van der Waals surface area contributed by atoms with Gasteiger partial charge in [0.15, 0.2) is 0 Å². The Labute approximate surface area is 194 Å². The van der Waals surface area contributed by atoms with E-state index >= 15 is 0 Å². The second-order valence-corrected chi connectivity index (χ2v) is 8.50. The van der Waals surface area contributed by atoms with Crippen molar-refractivity contribution in [2.24, 2.45) is 5.92 Å². The molecule has 0 bridgehead atoms. The van der Waals surface area contributed by atoms with E-state index in [1.807, 2.05) is 34.9 Å². The molecule has 2 aromatic carbocycles. The number of hydrogen-bond acceptors (Lipinski definition) is 5. The number of nitrogens with zero attached hydrogens (tertiary/aromatic N) is 6. The van der Waals surface area contributed by atoms with Crippen molar-refractivity contribution in [3.63, 3.8) is 0 Å². The van der Waals surface area contributed by atoms with E-state index in [1.54, 1.807) is 4.68 Å². The molecule has 1 saturated heterocycles. The van der Waals surface area contributed by atoms with Crippen molar-refractivity contribution in [2.75, 3.05) is 26.2 Å². The van der Waals surface area contributed by atoms with Crippen LogP contribution in [0.5, 0.6) is 0 Å². The molecule has 0 aliphatic carbocycles. The standard InChI is InChI=1S/C25H30N6O2/c1-3-29-13-14-30(24(32)11-12-31-18-26-27-28-31)17-22(25(29)33)16-20-8-6-9-21(15-20)23-10-5-4-7-19(23)2/h4-10,15,18,22H,3,11-14,16-17H2,1-2H3. The lowest BCUT2D eigenvalue weighted by Gasteiger charge is -2.24. The Balaban J connectivity index is 1.50. The Kier molecular flexibility index (Phi) is 7.12. The fraction of sp³-hybridized carbons (Fsp3) is 0.400. The molecule has 4 rings (SSSR count).